The van der Waals surface area contributed by atoms with Gasteiger partial charge in [0.2, 0.25) is 0 Å². The van der Waals surface area contributed by atoms with E-state index in [9.17, 15) is 0 Å². The van der Waals surface area contributed by atoms with Gasteiger partial charge in [-0.25, -0.2) is 0 Å². The lowest BCUT2D eigenvalue weighted by Crippen LogP contribution is -2.14. The van der Waals surface area contributed by atoms with Gasteiger partial charge in [-0.3, -0.25) is 0 Å². The van der Waals surface area contributed by atoms with Crippen molar-refractivity contribution in [1.82, 2.24) is 10.2 Å². The lowest BCUT2D eigenvalue weighted by molar-refractivity contribution is 0.456. The molecule has 3 fully saturated rings. The number of aryl methyl sites for hydroxylation is 1. The Labute approximate surface area is 118 Å². The van der Waals surface area contributed by atoms with Crippen LogP contribution < -0.4 is 5.32 Å². The minimum absolute atomic E-state index is 0.668. The highest BCUT2D eigenvalue weighted by Gasteiger charge is 2.65. The van der Waals surface area contributed by atoms with Gasteiger partial charge in [0.05, 0.1) is 5.69 Å². The second-order valence-corrected chi connectivity index (χ2v) is 6.84. The number of nitrogens with zero attached hydrogens (tertiary/aromatic N) is 2. The predicted octanol–water partition coefficient (Wildman–Crippen LogP) is 3.39. The summed E-state index contributed by atoms with van der Waals surface area (Å²) in [7, 11) is 0. The van der Waals surface area contributed by atoms with E-state index in [1.165, 1.54) is 30.0 Å². The first-order valence-corrected chi connectivity index (χ1v) is 7.81. The molecular formula is C17H19N3. The topological polar surface area (TPSA) is 37.8 Å². The summed E-state index contributed by atoms with van der Waals surface area (Å²) in [5, 5.41) is 14.9. The molecule has 0 amide bonds. The van der Waals surface area contributed by atoms with E-state index in [1.807, 2.05) is 6.92 Å². The summed E-state index contributed by atoms with van der Waals surface area (Å²) in [6, 6.07) is 9.13. The number of fused-ring (bicyclic) bond motifs is 6. The van der Waals surface area contributed by atoms with Gasteiger partial charge in [-0.2, -0.15) is 5.10 Å². The van der Waals surface area contributed by atoms with Gasteiger partial charge in [-0.15, -0.1) is 5.10 Å². The van der Waals surface area contributed by atoms with Gasteiger partial charge in [0, 0.05) is 16.8 Å². The van der Waals surface area contributed by atoms with E-state index in [1.54, 1.807) is 0 Å². The summed E-state index contributed by atoms with van der Waals surface area (Å²) < 4.78 is 0. The normalized spacial score (nSPS) is 37.1. The molecule has 0 saturated heterocycles. The second-order valence-electron chi connectivity index (χ2n) is 6.84. The van der Waals surface area contributed by atoms with Gasteiger partial charge >= 0.3 is 0 Å². The zero-order chi connectivity index (χ0) is 13.3. The first-order valence-electron chi connectivity index (χ1n) is 7.81. The number of nitrogens with one attached hydrogen (secondary N) is 1. The van der Waals surface area contributed by atoms with Gasteiger partial charge in [0.1, 0.15) is 0 Å². The summed E-state index contributed by atoms with van der Waals surface area (Å²) in [4.78, 5) is 0. The van der Waals surface area contributed by atoms with Crippen molar-refractivity contribution in [1.29, 1.82) is 0 Å². The fourth-order valence-electron chi connectivity index (χ4n) is 5.02. The average Bonchev–Trinajstić information content (AvgIpc) is 2.86. The predicted molar refractivity (Wildman–Crippen MR) is 79.5 cm³/mol. The van der Waals surface area contributed by atoms with Crippen molar-refractivity contribution in [3.8, 4) is 0 Å². The van der Waals surface area contributed by atoms with Crippen molar-refractivity contribution >= 4 is 16.6 Å². The molecule has 1 heterocycles. The molecule has 3 saturated carbocycles. The quantitative estimate of drug-likeness (QED) is 0.904. The summed E-state index contributed by atoms with van der Waals surface area (Å²) in [6.45, 7) is 2.03. The number of hydrogen-bond donors (Lipinski definition) is 1. The van der Waals surface area contributed by atoms with E-state index in [-0.39, 0.29) is 0 Å². The van der Waals surface area contributed by atoms with Crippen LogP contribution in [0.2, 0.25) is 0 Å². The lowest BCUT2D eigenvalue weighted by Gasteiger charge is -2.13. The fourth-order valence-corrected chi connectivity index (χ4v) is 5.02. The Balaban J connectivity index is 1.50. The van der Waals surface area contributed by atoms with Gasteiger partial charge in [0.15, 0.2) is 5.82 Å². The largest absolute Gasteiger partial charge is 0.365 e. The Morgan fingerprint density at radius 2 is 1.70 bits per heavy atom. The molecule has 0 aliphatic heterocycles. The van der Waals surface area contributed by atoms with Crippen molar-refractivity contribution < 1.29 is 0 Å². The first kappa shape index (κ1) is 11.1. The standard InChI is InChI=1S/C17H19N3/c1-9-12-4-2-3-5-13(12)17(20-19-9)18-16-14-10-6-7-11(8-10)15(14)16/h2-5,10-11,14-16H,6-8H2,1H3,(H,18,20). The van der Waals surface area contributed by atoms with Crippen LogP contribution >= 0.6 is 0 Å². The van der Waals surface area contributed by atoms with Gasteiger partial charge < -0.3 is 5.32 Å². The maximum Gasteiger partial charge on any atom is 0.156 e. The molecule has 1 aromatic heterocycles. The van der Waals surface area contributed by atoms with Crippen LogP contribution in [0.3, 0.4) is 0 Å². The molecular weight excluding hydrogens is 246 g/mol. The molecule has 3 aliphatic carbocycles. The molecule has 0 spiro atoms. The van der Waals surface area contributed by atoms with E-state index >= 15 is 0 Å². The molecule has 20 heavy (non-hydrogen) atoms. The fraction of sp³-hybridized carbons (Fsp3) is 0.529. The summed E-state index contributed by atoms with van der Waals surface area (Å²) >= 11 is 0. The third-order valence-corrected chi connectivity index (χ3v) is 5.91. The minimum Gasteiger partial charge on any atom is -0.365 e. The van der Waals surface area contributed by atoms with E-state index in [0.29, 0.717) is 6.04 Å². The summed E-state index contributed by atoms with van der Waals surface area (Å²) in [5.41, 5.74) is 1.02. The second kappa shape index (κ2) is 3.72. The zero-order valence-corrected chi connectivity index (χ0v) is 11.7. The van der Waals surface area contributed by atoms with Crippen LogP contribution in [0, 0.1) is 30.6 Å². The van der Waals surface area contributed by atoms with Crippen LogP contribution in [0.5, 0.6) is 0 Å². The maximum atomic E-state index is 4.42. The van der Waals surface area contributed by atoms with Crippen LogP contribution in [0.15, 0.2) is 24.3 Å². The third kappa shape index (κ3) is 1.36. The number of rotatable bonds is 2. The monoisotopic (exact) mass is 265 g/mol. The number of anilines is 1. The molecule has 1 N–H and O–H groups in total. The average molecular weight is 265 g/mol. The molecule has 4 atom stereocenters. The highest BCUT2D eigenvalue weighted by molar-refractivity contribution is 5.93. The van der Waals surface area contributed by atoms with Crippen LogP contribution in [0.1, 0.15) is 25.0 Å². The molecule has 3 nitrogen and oxygen atoms in total. The van der Waals surface area contributed by atoms with E-state index < -0.39 is 0 Å². The van der Waals surface area contributed by atoms with E-state index in [2.05, 4.69) is 39.8 Å². The lowest BCUT2D eigenvalue weighted by atomic mass is 10.0. The molecule has 2 aromatic rings. The van der Waals surface area contributed by atoms with Gasteiger partial charge in [-0.1, -0.05) is 24.3 Å². The number of hydrogen-bond acceptors (Lipinski definition) is 3. The van der Waals surface area contributed by atoms with Crippen molar-refractivity contribution in [2.24, 2.45) is 23.7 Å². The molecule has 2 bridgehead atoms. The zero-order valence-electron chi connectivity index (χ0n) is 11.7. The van der Waals surface area contributed by atoms with Crippen LogP contribution in [-0.2, 0) is 0 Å². The van der Waals surface area contributed by atoms with Crippen LogP contribution in [0.4, 0.5) is 5.82 Å². The molecule has 0 radical (unpaired) electrons. The van der Waals surface area contributed by atoms with Crippen molar-refractivity contribution in [3.05, 3.63) is 30.0 Å². The van der Waals surface area contributed by atoms with Gasteiger partial charge in [-0.05, 0) is 49.9 Å². The van der Waals surface area contributed by atoms with E-state index in [4.69, 9.17) is 0 Å². The van der Waals surface area contributed by atoms with Crippen molar-refractivity contribution in [3.63, 3.8) is 0 Å². The van der Waals surface area contributed by atoms with Gasteiger partial charge in [0.25, 0.3) is 0 Å². The van der Waals surface area contributed by atoms with Crippen LogP contribution in [0.25, 0.3) is 10.8 Å². The Morgan fingerprint density at radius 1 is 1.00 bits per heavy atom. The molecule has 102 valence electrons. The number of benzene rings is 1. The Bertz CT molecular complexity index is 680. The Kier molecular flexibility index (Phi) is 2.06. The van der Waals surface area contributed by atoms with E-state index in [0.717, 1.165) is 35.2 Å². The highest BCUT2D eigenvalue weighted by atomic mass is 15.2. The Hall–Kier alpha value is -1.64. The van der Waals surface area contributed by atoms with Crippen molar-refractivity contribution in [2.45, 2.75) is 32.2 Å². The van der Waals surface area contributed by atoms with Crippen LogP contribution in [-0.4, -0.2) is 16.2 Å². The smallest absolute Gasteiger partial charge is 0.156 e. The summed E-state index contributed by atoms with van der Waals surface area (Å²) in [6.07, 6.45) is 4.42. The first-order chi connectivity index (χ1) is 9.83. The minimum atomic E-state index is 0.668. The number of aromatic nitrogens is 2. The molecule has 5 rings (SSSR count). The van der Waals surface area contributed by atoms with Crippen molar-refractivity contribution in [2.75, 3.05) is 5.32 Å². The Morgan fingerprint density at radius 3 is 2.45 bits per heavy atom. The molecule has 3 aliphatic rings. The molecule has 1 aromatic carbocycles. The third-order valence-electron chi connectivity index (χ3n) is 5.91. The SMILES string of the molecule is Cc1nnc(NC2C3C4CCC(C4)C23)c2ccccc12. The molecule has 3 heteroatoms. The molecule has 4 unspecified atom stereocenters. The highest BCUT2D eigenvalue weighted by Crippen LogP contribution is 2.66. The maximum absolute atomic E-state index is 4.42. The summed E-state index contributed by atoms with van der Waals surface area (Å²) in [5.74, 6) is 4.83.